The summed E-state index contributed by atoms with van der Waals surface area (Å²) in [5.41, 5.74) is 0. The van der Waals surface area contributed by atoms with Crippen LogP contribution in [0.4, 0.5) is 0 Å². The van der Waals surface area contributed by atoms with E-state index in [1.807, 2.05) is 11.6 Å². The molecule has 1 amide bonds. The van der Waals surface area contributed by atoms with Gasteiger partial charge in [0, 0.05) is 31.5 Å². The first-order valence-electron chi connectivity index (χ1n) is 9.12. The monoisotopic (exact) mass is 335 g/mol. The second-order valence-corrected chi connectivity index (χ2v) is 7.23. The van der Waals surface area contributed by atoms with E-state index in [1.165, 1.54) is 0 Å². The Hall–Kier alpha value is -1.47. The van der Waals surface area contributed by atoms with Gasteiger partial charge in [0.05, 0.1) is 18.7 Å². The van der Waals surface area contributed by atoms with Gasteiger partial charge in [0.25, 0.3) is 0 Å². The summed E-state index contributed by atoms with van der Waals surface area (Å²) in [4.78, 5) is 16.9. The molecule has 134 valence electrons. The molecule has 1 aromatic rings. The van der Waals surface area contributed by atoms with Crippen LogP contribution in [0.5, 0.6) is 0 Å². The van der Waals surface area contributed by atoms with Crippen LogP contribution in [0.25, 0.3) is 0 Å². The maximum Gasteiger partial charge on any atom is 0.236 e. The molecule has 1 fully saturated rings. The fourth-order valence-corrected chi connectivity index (χ4v) is 3.31. The zero-order valence-corrected chi connectivity index (χ0v) is 14.9. The molecule has 0 aromatic carbocycles. The largest absolute Gasteiger partial charge is 0.376 e. The van der Waals surface area contributed by atoms with Crippen molar-refractivity contribution >= 4 is 5.91 Å². The highest BCUT2D eigenvalue weighted by Crippen LogP contribution is 2.17. The van der Waals surface area contributed by atoms with E-state index in [0.29, 0.717) is 12.5 Å². The lowest BCUT2D eigenvalue weighted by Gasteiger charge is -2.26. The van der Waals surface area contributed by atoms with Gasteiger partial charge in [0.1, 0.15) is 5.82 Å². The number of fused-ring (bicyclic) bond motifs is 1. The van der Waals surface area contributed by atoms with Crippen molar-refractivity contribution in [2.75, 3.05) is 13.2 Å². The lowest BCUT2D eigenvalue weighted by Crippen LogP contribution is -2.50. The standard InChI is InChI=1S/C17H29N5O2/c1-11(2)16-20-15-7-6-13(10-22(15)21-16)19-12(3)17(23)18-9-14-5-4-8-24-14/h11-14,19H,4-10H2,1-3H3,(H,18,23)/t12-,13-,14-/m0/s1. The summed E-state index contributed by atoms with van der Waals surface area (Å²) in [7, 11) is 0. The summed E-state index contributed by atoms with van der Waals surface area (Å²) in [6, 6.07) is 0.0359. The van der Waals surface area contributed by atoms with Crippen LogP contribution in [0, 0.1) is 0 Å². The lowest BCUT2D eigenvalue weighted by atomic mass is 10.1. The maximum atomic E-state index is 12.2. The van der Waals surface area contributed by atoms with Crippen LogP contribution in [-0.4, -0.2) is 52.0 Å². The number of hydrogen-bond acceptors (Lipinski definition) is 5. The third-order valence-electron chi connectivity index (χ3n) is 4.80. The van der Waals surface area contributed by atoms with Gasteiger partial charge in [0.15, 0.2) is 5.82 Å². The molecule has 2 aliphatic heterocycles. The minimum absolute atomic E-state index is 0.0396. The van der Waals surface area contributed by atoms with E-state index >= 15 is 0 Å². The van der Waals surface area contributed by atoms with Crippen molar-refractivity contribution in [3.05, 3.63) is 11.6 Å². The zero-order chi connectivity index (χ0) is 17.1. The minimum atomic E-state index is -0.217. The van der Waals surface area contributed by atoms with Gasteiger partial charge in [-0.3, -0.25) is 4.79 Å². The number of ether oxygens (including phenoxy) is 1. The van der Waals surface area contributed by atoms with Crippen LogP contribution in [0.3, 0.4) is 0 Å². The van der Waals surface area contributed by atoms with Gasteiger partial charge in [-0.2, -0.15) is 5.10 Å². The molecule has 3 heterocycles. The highest BCUT2D eigenvalue weighted by atomic mass is 16.5. The van der Waals surface area contributed by atoms with E-state index in [0.717, 1.165) is 50.5 Å². The molecule has 0 spiro atoms. The molecule has 1 aromatic heterocycles. The lowest BCUT2D eigenvalue weighted by molar-refractivity contribution is -0.123. The molecule has 0 radical (unpaired) electrons. The van der Waals surface area contributed by atoms with E-state index in [-0.39, 0.29) is 24.1 Å². The van der Waals surface area contributed by atoms with Crippen molar-refractivity contribution in [1.82, 2.24) is 25.4 Å². The molecule has 1 saturated heterocycles. The molecular formula is C17H29N5O2. The van der Waals surface area contributed by atoms with Crippen molar-refractivity contribution in [3.63, 3.8) is 0 Å². The second kappa shape index (κ2) is 7.61. The predicted molar refractivity (Wildman–Crippen MR) is 90.8 cm³/mol. The van der Waals surface area contributed by atoms with Gasteiger partial charge < -0.3 is 15.4 Å². The van der Waals surface area contributed by atoms with Crippen molar-refractivity contribution in [2.45, 2.75) is 77.1 Å². The number of rotatable bonds is 6. The number of nitrogens with zero attached hydrogens (tertiary/aromatic N) is 3. The van der Waals surface area contributed by atoms with Crippen molar-refractivity contribution in [3.8, 4) is 0 Å². The first-order chi connectivity index (χ1) is 11.5. The Balaban J connectivity index is 1.47. The van der Waals surface area contributed by atoms with Crippen LogP contribution in [0.15, 0.2) is 0 Å². The van der Waals surface area contributed by atoms with Gasteiger partial charge >= 0.3 is 0 Å². The highest BCUT2D eigenvalue weighted by Gasteiger charge is 2.25. The average Bonchev–Trinajstić information content (AvgIpc) is 3.21. The van der Waals surface area contributed by atoms with E-state index in [2.05, 4.69) is 34.6 Å². The van der Waals surface area contributed by atoms with Gasteiger partial charge in [0.2, 0.25) is 5.91 Å². The van der Waals surface area contributed by atoms with E-state index < -0.39 is 0 Å². The molecule has 3 atom stereocenters. The smallest absolute Gasteiger partial charge is 0.236 e. The predicted octanol–water partition coefficient (Wildman–Crippen LogP) is 0.990. The first kappa shape index (κ1) is 17.4. The Morgan fingerprint density at radius 1 is 1.38 bits per heavy atom. The van der Waals surface area contributed by atoms with Crippen LogP contribution >= 0.6 is 0 Å². The topological polar surface area (TPSA) is 81.1 Å². The van der Waals surface area contributed by atoms with E-state index in [9.17, 15) is 4.79 Å². The van der Waals surface area contributed by atoms with Gasteiger partial charge in [-0.15, -0.1) is 0 Å². The molecule has 0 unspecified atom stereocenters. The van der Waals surface area contributed by atoms with Gasteiger partial charge in [-0.05, 0) is 26.2 Å². The molecule has 7 heteroatoms. The van der Waals surface area contributed by atoms with Gasteiger partial charge in [-0.1, -0.05) is 13.8 Å². The van der Waals surface area contributed by atoms with Gasteiger partial charge in [-0.25, -0.2) is 9.67 Å². The SMILES string of the molecule is CC(C)c1nc2n(n1)C[C@@H](N[C@@H](C)C(=O)NC[C@@H]1CCCO1)CC2. The number of aryl methyl sites for hydroxylation is 1. The van der Waals surface area contributed by atoms with Crippen LogP contribution in [0.2, 0.25) is 0 Å². The third-order valence-corrected chi connectivity index (χ3v) is 4.80. The second-order valence-electron chi connectivity index (χ2n) is 7.23. The normalized spacial score (nSPS) is 24.8. The maximum absolute atomic E-state index is 12.2. The molecule has 2 N–H and O–H groups in total. The van der Waals surface area contributed by atoms with E-state index in [1.54, 1.807) is 0 Å². The molecule has 0 bridgehead atoms. The molecule has 0 saturated carbocycles. The van der Waals surface area contributed by atoms with Crippen molar-refractivity contribution in [1.29, 1.82) is 0 Å². The highest BCUT2D eigenvalue weighted by molar-refractivity contribution is 5.81. The number of aromatic nitrogens is 3. The van der Waals surface area contributed by atoms with Crippen LogP contribution in [0.1, 0.15) is 57.6 Å². The molecule has 7 nitrogen and oxygen atoms in total. The summed E-state index contributed by atoms with van der Waals surface area (Å²) < 4.78 is 7.53. The fourth-order valence-electron chi connectivity index (χ4n) is 3.31. The number of hydrogen-bond donors (Lipinski definition) is 2. The first-order valence-corrected chi connectivity index (χ1v) is 9.12. The van der Waals surface area contributed by atoms with Crippen LogP contribution < -0.4 is 10.6 Å². The molecule has 24 heavy (non-hydrogen) atoms. The summed E-state index contributed by atoms with van der Waals surface area (Å²) in [6.07, 6.45) is 4.21. The van der Waals surface area contributed by atoms with Crippen molar-refractivity contribution < 1.29 is 9.53 Å². The molecule has 3 rings (SSSR count). The molecule has 0 aliphatic carbocycles. The Bertz CT molecular complexity index is 565. The molecular weight excluding hydrogens is 306 g/mol. The average molecular weight is 335 g/mol. The summed E-state index contributed by atoms with van der Waals surface area (Å²) in [6.45, 7) is 8.34. The zero-order valence-electron chi connectivity index (χ0n) is 14.9. The number of carbonyl (C=O) groups excluding carboxylic acids is 1. The quantitative estimate of drug-likeness (QED) is 0.810. The number of nitrogens with one attached hydrogen (secondary N) is 2. The summed E-state index contributed by atoms with van der Waals surface area (Å²) in [5.74, 6) is 2.36. The van der Waals surface area contributed by atoms with E-state index in [4.69, 9.17) is 4.74 Å². The number of amides is 1. The Kier molecular flexibility index (Phi) is 5.50. The fraction of sp³-hybridized carbons (Fsp3) is 0.824. The Morgan fingerprint density at radius 3 is 2.92 bits per heavy atom. The summed E-state index contributed by atoms with van der Waals surface area (Å²) >= 11 is 0. The summed E-state index contributed by atoms with van der Waals surface area (Å²) in [5, 5.41) is 11.0. The Morgan fingerprint density at radius 2 is 2.21 bits per heavy atom. The third kappa shape index (κ3) is 4.13. The Labute approximate surface area is 143 Å². The number of carbonyl (C=O) groups is 1. The van der Waals surface area contributed by atoms with Crippen LogP contribution in [-0.2, 0) is 22.5 Å². The molecule has 2 aliphatic rings. The minimum Gasteiger partial charge on any atom is -0.376 e. The van der Waals surface area contributed by atoms with Crippen molar-refractivity contribution in [2.24, 2.45) is 0 Å².